The molecule has 0 aromatic carbocycles. The molecule has 2 N–H and O–H groups in total. The maximum absolute atomic E-state index is 6.02. The van der Waals surface area contributed by atoms with Crippen LogP contribution >= 0.6 is 0 Å². The largest absolute Gasteiger partial charge is 0.383 e. The Balaban J connectivity index is 2.49. The molecule has 0 saturated heterocycles. The molecule has 0 bridgehead atoms. The van der Waals surface area contributed by atoms with Crippen molar-refractivity contribution in [2.45, 2.75) is 64.5 Å². The molecule has 1 aliphatic carbocycles. The molecule has 0 aromatic rings. The predicted octanol–water partition coefficient (Wildman–Crippen LogP) is 2.64. The molecule has 1 rings (SSSR count). The van der Waals surface area contributed by atoms with Gasteiger partial charge in [-0.2, -0.15) is 0 Å². The van der Waals surface area contributed by atoms with Gasteiger partial charge in [-0.05, 0) is 25.8 Å². The van der Waals surface area contributed by atoms with E-state index in [-0.39, 0.29) is 0 Å². The van der Waals surface area contributed by atoms with Crippen molar-refractivity contribution in [1.82, 2.24) is 4.90 Å². The van der Waals surface area contributed by atoms with E-state index < -0.39 is 0 Å². The Labute approximate surface area is 113 Å². The van der Waals surface area contributed by atoms with Crippen LogP contribution in [0.15, 0.2) is 0 Å². The molecule has 3 heteroatoms. The third kappa shape index (κ3) is 4.87. The van der Waals surface area contributed by atoms with E-state index in [9.17, 15) is 0 Å². The lowest BCUT2D eigenvalue weighted by Gasteiger charge is -2.37. The Hall–Kier alpha value is -0.120. The molecular formula is C15H32N2O. The average molecular weight is 256 g/mol. The van der Waals surface area contributed by atoms with Gasteiger partial charge in [-0.1, -0.05) is 39.0 Å². The Morgan fingerprint density at radius 2 is 1.94 bits per heavy atom. The van der Waals surface area contributed by atoms with Gasteiger partial charge in [-0.15, -0.1) is 0 Å². The lowest BCUT2D eigenvalue weighted by atomic mass is 9.84. The lowest BCUT2D eigenvalue weighted by molar-refractivity contribution is 0.0639. The van der Waals surface area contributed by atoms with Crippen LogP contribution in [0, 0.1) is 5.92 Å². The van der Waals surface area contributed by atoms with Crippen LogP contribution < -0.4 is 5.73 Å². The molecule has 2 unspecified atom stereocenters. The van der Waals surface area contributed by atoms with E-state index in [0.717, 1.165) is 25.6 Å². The second-order valence-electron chi connectivity index (χ2n) is 5.76. The SMILES string of the molecule is CCN(C(C)COC)C(CN)CC1CCCCC1. The minimum absolute atomic E-state index is 0.470. The lowest BCUT2D eigenvalue weighted by Crippen LogP contribution is -2.48. The van der Waals surface area contributed by atoms with Crippen LogP contribution in [0.4, 0.5) is 0 Å². The molecular weight excluding hydrogens is 224 g/mol. The van der Waals surface area contributed by atoms with Gasteiger partial charge in [-0.25, -0.2) is 0 Å². The first-order valence-corrected chi connectivity index (χ1v) is 7.67. The summed E-state index contributed by atoms with van der Waals surface area (Å²) < 4.78 is 5.29. The van der Waals surface area contributed by atoms with E-state index in [0.29, 0.717) is 12.1 Å². The first-order valence-electron chi connectivity index (χ1n) is 7.67. The second-order valence-corrected chi connectivity index (χ2v) is 5.76. The number of hydrogen-bond donors (Lipinski definition) is 1. The second kappa shape index (κ2) is 8.89. The quantitative estimate of drug-likeness (QED) is 0.725. The van der Waals surface area contributed by atoms with Crippen molar-refractivity contribution < 1.29 is 4.74 Å². The van der Waals surface area contributed by atoms with Crippen molar-refractivity contribution in [3.8, 4) is 0 Å². The summed E-state index contributed by atoms with van der Waals surface area (Å²) in [5.74, 6) is 0.899. The Morgan fingerprint density at radius 1 is 1.28 bits per heavy atom. The van der Waals surface area contributed by atoms with Gasteiger partial charge < -0.3 is 10.5 Å². The molecule has 1 saturated carbocycles. The number of nitrogens with two attached hydrogens (primary N) is 1. The maximum Gasteiger partial charge on any atom is 0.0615 e. The van der Waals surface area contributed by atoms with E-state index in [2.05, 4.69) is 18.7 Å². The Bertz CT molecular complexity index is 205. The van der Waals surface area contributed by atoms with Gasteiger partial charge >= 0.3 is 0 Å². The standard InChI is InChI=1S/C15H32N2O/c1-4-17(13(2)12-18-3)15(11-16)10-14-8-6-5-7-9-14/h13-15H,4-12,16H2,1-3H3. The predicted molar refractivity (Wildman–Crippen MR) is 77.8 cm³/mol. The minimum atomic E-state index is 0.470. The van der Waals surface area contributed by atoms with Gasteiger partial charge in [0.1, 0.15) is 0 Å². The van der Waals surface area contributed by atoms with Gasteiger partial charge in [0.2, 0.25) is 0 Å². The molecule has 0 aliphatic heterocycles. The Kier molecular flexibility index (Phi) is 7.87. The summed E-state index contributed by atoms with van der Waals surface area (Å²) in [5, 5.41) is 0. The highest BCUT2D eigenvalue weighted by atomic mass is 16.5. The van der Waals surface area contributed by atoms with E-state index in [1.165, 1.54) is 38.5 Å². The molecule has 108 valence electrons. The fourth-order valence-corrected chi connectivity index (χ4v) is 3.44. The van der Waals surface area contributed by atoms with E-state index in [4.69, 9.17) is 10.5 Å². The summed E-state index contributed by atoms with van der Waals surface area (Å²) in [5.41, 5.74) is 6.02. The zero-order chi connectivity index (χ0) is 13.4. The highest BCUT2D eigenvalue weighted by Gasteiger charge is 2.25. The zero-order valence-corrected chi connectivity index (χ0v) is 12.5. The van der Waals surface area contributed by atoms with Crippen molar-refractivity contribution >= 4 is 0 Å². The number of ether oxygens (including phenoxy) is 1. The van der Waals surface area contributed by atoms with Crippen molar-refractivity contribution in [1.29, 1.82) is 0 Å². The van der Waals surface area contributed by atoms with Crippen LogP contribution in [0.1, 0.15) is 52.4 Å². The van der Waals surface area contributed by atoms with Gasteiger partial charge in [0, 0.05) is 25.7 Å². The van der Waals surface area contributed by atoms with Crippen molar-refractivity contribution in [3.05, 3.63) is 0 Å². The number of methoxy groups -OCH3 is 1. The summed E-state index contributed by atoms with van der Waals surface area (Å²) in [6.45, 7) is 7.12. The third-order valence-electron chi connectivity index (χ3n) is 4.41. The molecule has 0 spiro atoms. The summed E-state index contributed by atoms with van der Waals surface area (Å²) in [6, 6.07) is 1.00. The normalized spacial score (nSPS) is 21.2. The van der Waals surface area contributed by atoms with Crippen molar-refractivity contribution in [2.75, 3.05) is 26.8 Å². The first kappa shape index (κ1) is 15.9. The number of likely N-dealkylation sites (N-methyl/N-ethyl adjacent to an activating group) is 1. The number of hydrogen-bond acceptors (Lipinski definition) is 3. The summed E-state index contributed by atoms with van der Waals surface area (Å²) in [6.07, 6.45) is 8.36. The number of rotatable bonds is 8. The average Bonchev–Trinajstić information content (AvgIpc) is 2.40. The molecule has 1 fully saturated rings. The van der Waals surface area contributed by atoms with Gasteiger partial charge in [0.05, 0.1) is 6.61 Å². The number of nitrogens with zero attached hydrogens (tertiary/aromatic N) is 1. The molecule has 1 aliphatic rings. The first-order chi connectivity index (χ1) is 8.72. The topological polar surface area (TPSA) is 38.5 Å². The van der Waals surface area contributed by atoms with Crippen LogP contribution in [0.25, 0.3) is 0 Å². The van der Waals surface area contributed by atoms with Gasteiger partial charge in [0.25, 0.3) is 0 Å². The molecule has 2 atom stereocenters. The molecule has 0 radical (unpaired) electrons. The van der Waals surface area contributed by atoms with Crippen LogP contribution in [-0.2, 0) is 4.74 Å². The summed E-state index contributed by atoms with van der Waals surface area (Å²) >= 11 is 0. The van der Waals surface area contributed by atoms with E-state index in [1.807, 2.05) is 0 Å². The van der Waals surface area contributed by atoms with Crippen LogP contribution in [0.5, 0.6) is 0 Å². The zero-order valence-electron chi connectivity index (χ0n) is 12.5. The third-order valence-corrected chi connectivity index (χ3v) is 4.41. The molecule has 3 nitrogen and oxygen atoms in total. The fourth-order valence-electron chi connectivity index (χ4n) is 3.44. The Morgan fingerprint density at radius 3 is 2.44 bits per heavy atom. The van der Waals surface area contributed by atoms with Crippen LogP contribution in [0.3, 0.4) is 0 Å². The highest BCUT2D eigenvalue weighted by molar-refractivity contribution is 4.80. The van der Waals surface area contributed by atoms with E-state index in [1.54, 1.807) is 7.11 Å². The highest BCUT2D eigenvalue weighted by Crippen LogP contribution is 2.28. The van der Waals surface area contributed by atoms with Gasteiger partial charge in [-0.3, -0.25) is 4.90 Å². The summed E-state index contributed by atoms with van der Waals surface area (Å²) in [4.78, 5) is 2.53. The van der Waals surface area contributed by atoms with Crippen molar-refractivity contribution in [3.63, 3.8) is 0 Å². The molecule has 0 aromatic heterocycles. The smallest absolute Gasteiger partial charge is 0.0615 e. The molecule has 0 heterocycles. The molecule has 0 amide bonds. The van der Waals surface area contributed by atoms with Crippen LogP contribution in [0.2, 0.25) is 0 Å². The van der Waals surface area contributed by atoms with Crippen LogP contribution in [-0.4, -0.2) is 43.8 Å². The monoisotopic (exact) mass is 256 g/mol. The maximum atomic E-state index is 6.02. The van der Waals surface area contributed by atoms with Gasteiger partial charge in [0.15, 0.2) is 0 Å². The fraction of sp³-hybridized carbons (Fsp3) is 1.00. The van der Waals surface area contributed by atoms with E-state index >= 15 is 0 Å². The minimum Gasteiger partial charge on any atom is -0.383 e. The van der Waals surface area contributed by atoms with Crippen molar-refractivity contribution in [2.24, 2.45) is 11.7 Å². The molecule has 18 heavy (non-hydrogen) atoms. The summed E-state index contributed by atoms with van der Waals surface area (Å²) in [7, 11) is 1.78.